The molecule has 2 rings (SSSR count). The fraction of sp³-hybridized carbons (Fsp3) is 0.889. The van der Waals surface area contributed by atoms with E-state index in [1.807, 2.05) is 16.7 Å². The molecule has 74 valence electrons. The molecule has 2 amide bonds. The quantitative estimate of drug-likeness (QED) is 0.692. The third-order valence-electron chi connectivity index (χ3n) is 2.81. The maximum absolute atomic E-state index is 11.4. The largest absolute Gasteiger partial charge is 0.336 e. The zero-order valence-electron chi connectivity index (χ0n) is 7.95. The molecule has 0 aromatic carbocycles. The molecule has 2 aliphatic rings. The minimum atomic E-state index is 0.139. The van der Waals surface area contributed by atoms with E-state index in [4.69, 9.17) is 0 Å². The van der Waals surface area contributed by atoms with Gasteiger partial charge < -0.3 is 10.2 Å². The standard InChI is InChI=1S/C9H16N2OS/c1-7-2-3-8(6-13-7)11-5-4-10-9(11)12/h7-8H,2-6H2,1H3,(H,10,12). The maximum Gasteiger partial charge on any atom is 0.317 e. The van der Waals surface area contributed by atoms with Gasteiger partial charge in [-0.1, -0.05) is 6.92 Å². The zero-order chi connectivity index (χ0) is 9.26. The summed E-state index contributed by atoms with van der Waals surface area (Å²) in [5, 5.41) is 3.64. The topological polar surface area (TPSA) is 32.3 Å². The number of urea groups is 1. The highest BCUT2D eigenvalue weighted by Crippen LogP contribution is 2.28. The van der Waals surface area contributed by atoms with Gasteiger partial charge in [-0.3, -0.25) is 0 Å². The third kappa shape index (κ3) is 1.93. The summed E-state index contributed by atoms with van der Waals surface area (Å²) in [6.07, 6.45) is 2.43. The Bertz CT molecular complexity index is 202. The molecule has 2 unspecified atom stereocenters. The zero-order valence-corrected chi connectivity index (χ0v) is 8.77. The smallest absolute Gasteiger partial charge is 0.317 e. The van der Waals surface area contributed by atoms with Gasteiger partial charge in [0.25, 0.3) is 0 Å². The van der Waals surface area contributed by atoms with Gasteiger partial charge in [0.15, 0.2) is 0 Å². The fourth-order valence-corrected chi connectivity index (χ4v) is 3.15. The van der Waals surface area contributed by atoms with Crippen LogP contribution < -0.4 is 5.32 Å². The highest BCUT2D eigenvalue weighted by molar-refractivity contribution is 7.99. The number of nitrogens with zero attached hydrogens (tertiary/aromatic N) is 1. The molecule has 0 aliphatic carbocycles. The molecule has 1 N–H and O–H groups in total. The van der Waals surface area contributed by atoms with Crippen molar-refractivity contribution < 1.29 is 4.79 Å². The van der Waals surface area contributed by atoms with Crippen LogP contribution in [0.3, 0.4) is 0 Å². The molecule has 2 heterocycles. The van der Waals surface area contributed by atoms with Crippen LogP contribution in [0.25, 0.3) is 0 Å². The summed E-state index contributed by atoms with van der Waals surface area (Å²) in [5.41, 5.74) is 0. The summed E-state index contributed by atoms with van der Waals surface area (Å²) in [6.45, 7) is 4.00. The highest BCUT2D eigenvalue weighted by atomic mass is 32.2. The van der Waals surface area contributed by atoms with Crippen LogP contribution in [-0.2, 0) is 0 Å². The summed E-state index contributed by atoms with van der Waals surface area (Å²) >= 11 is 1.99. The van der Waals surface area contributed by atoms with Crippen LogP contribution in [0.4, 0.5) is 4.79 Å². The van der Waals surface area contributed by atoms with Crippen LogP contribution >= 0.6 is 11.8 Å². The molecule has 0 aromatic rings. The Morgan fingerprint density at radius 3 is 2.92 bits per heavy atom. The summed E-state index contributed by atoms with van der Waals surface area (Å²) in [6, 6.07) is 0.629. The van der Waals surface area contributed by atoms with Gasteiger partial charge in [0.1, 0.15) is 0 Å². The molecule has 2 aliphatic heterocycles. The van der Waals surface area contributed by atoms with Crippen LogP contribution in [0.5, 0.6) is 0 Å². The number of hydrogen-bond acceptors (Lipinski definition) is 2. The molecule has 0 aromatic heterocycles. The van der Waals surface area contributed by atoms with Gasteiger partial charge in [-0.05, 0) is 12.8 Å². The first-order chi connectivity index (χ1) is 6.27. The van der Waals surface area contributed by atoms with Crippen molar-refractivity contribution in [3.8, 4) is 0 Å². The van der Waals surface area contributed by atoms with Crippen molar-refractivity contribution in [2.45, 2.75) is 31.1 Å². The van der Waals surface area contributed by atoms with Crippen LogP contribution in [0, 0.1) is 0 Å². The average molecular weight is 200 g/mol. The second-order valence-electron chi connectivity index (χ2n) is 3.80. The van der Waals surface area contributed by atoms with Crippen molar-refractivity contribution in [2.24, 2.45) is 0 Å². The Morgan fingerprint density at radius 2 is 2.38 bits per heavy atom. The van der Waals surface area contributed by atoms with Gasteiger partial charge in [-0.2, -0.15) is 11.8 Å². The van der Waals surface area contributed by atoms with E-state index >= 15 is 0 Å². The Kier molecular flexibility index (Phi) is 2.67. The van der Waals surface area contributed by atoms with Crippen molar-refractivity contribution in [1.82, 2.24) is 10.2 Å². The minimum Gasteiger partial charge on any atom is -0.336 e. The van der Waals surface area contributed by atoms with Crippen LogP contribution in [0.15, 0.2) is 0 Å². The number of amides is 2. The molecular weight excluding hydrogens is 184 g/mol. The number of nitrogens with one attached hydrogen (secondary N) is 1. The van der Waals surface area contributed by atoms with Gasteiger partial charge in [-0.15, -0.1) is 0 Å². The van der Waals surface area contributed by atoms with E-state index in [1.165, 1.54) is 12.8 Å². The Hall–Kier alpha value is -0.380. The Balaban J connectivity index is 1.90. The van der Waals surface area contributed by atoms with Gasteiger partial charge in [0.2, 0.25) is 0 Å². The van der Waals surface area contributed by atoms with Gasteiger partial charge >= 0.3 is 6.03 Å². The van der Waals surface area contributed by atoms with Crippen molar-refractivity contribution in [2.75, 3.05) is 18.8 Å². The predicted molar refractivity (Wildman–Crippen MR) is 55.0 cm³/mol. The first-order valence-electron chi connectivity index (χ1n) is 4.93. The number of hydrogen-bond donors (Lipinski definition) is 1. The maximum atomic E-state index is 11.4. The lowest BCUT2D eigenvalue weighted by atomic mass is 10.1. The lowest BCUT2D eigenvalue weighted by Gasteiger charge is -2.32. The SMILES string of the molecule is CC1CCC(N2CCNC2=O)CS1. The molecule has 4 heteroatoms. The molecule has 0 radical (unpaired) electrons. The monoisotopic (exact) mass is 200 g/mol. The molecular formula is C9H16N2OS. The van der Waals surface area contributed by atoms with Crippen molar-refractivity contribution in [3.63, 3.8) is 0 Å². The van der Waals surface area contributed by atoms with Crippen LogP contribution in [0.2, 0.25) is 0 Å². The first-order valence-corrected chi connectivity index (χ1v) is 5.98. The summed E-state index contributed by atoms with van der Waals surface area (Å²) in [5.74, 6) is 1.12. The second-order valence-corrected chi connectivity index (χ2v) is 5.27. The lowest BCUT2D eigenvalue weighted by Crippen LogP contribution is -2.41. The third-order valence-corrected chi connectivity index (χ3v) is 4.19. The number of rotatable bonds is 1. The van der Waals surface area contributed by atoms with Crippen LogP contribution in [-0.4, -0.2) is 41.1 Å². The molecule has 3 nitrogen and oxygen atoms in total. The van der Waals surface area contributed by atoms with E-state index in [-0.39, 0.29) is 6.03 Å². The van der Waals surface area contributed by atoms with E-state index in [1.54, 1.807) is 0 Å². The fourth-order valence-electron chi connectivity index (χ4n) is 1.95. The Labute approximate surface area is 83.2 Å². The van der Waals surface area contributed by atoms with Crippen molar-refractivity contribution in [3.05, 3.63) is 0 Å². The van der Waals surface area contributed by atoms with Gasteiger partial charge in [0, 0.05) is 30.1 Å². The molecule has 0 spiro atoms. The van der Waals surface area contributed by atoms with E-state index in [2.05, 4.69) is 12.2 Å². The summed E-state index contributed by atoms with van der Waals surface area (Å²) in [4.78, 5) is 13.4. The van der Waals surface area contributed by atoms with Gasteiger partial charge in [0.05, 0.1) is 0 Å². The van der Waals surface area contributed by atoms with Gasteiger partial charge in [-0.25, -0.2) is 4.79 Å². The number of thioether (sulfide) groups is 1. The molecule has 2 saturated heterocycles. The van der Waals surface area contributed by atoms with E-state index in [0.29, 0.717) is 6.04 Å². The van der Waals surface area contributed by atoms with E-state index in [0.717, 1.165) is 24.1 Å². The lowest BCUT2D eigenvalue weighted by molar-refractivity contribution is 0.198. The van der Waals surface area contributed by atoms with Crippen molar-refractivity contribution in [1.29, 1.82) is 0 Å². The molecule has 2 fully saturated rings. The normalized spacial score (nSPS) is 34.8. The average Bonchev–Trinajstić information content (AvgIpc) is 2.53. The number of carbonyl (C=O) groups excluding carboxylic acids is 1. The summed E-state index contributed by atoms with van der Waals surface area (Å²) < 4.78 is 0. The predicted octanol–water partition coefficient (Wildman–Crippen LogP) is 1.30. The van der Waals surface area contributed by atoms with Crippen molar-refractivity contribution >= 4 is 17.8 Å². The summed E-state index contributed by atoms with van der Waals surface area (Å²) in [7, 11) is 0. The highest BCUT2D eigenvalue weighted by Gasteiger charge is 2.30. The van der Waals surface area contributed by atoms with E-state index < -0.39 is 0 Å². The first kappa shape index (κ1) is 9.19. The number of carbonyl (C=O) groups is 1. The Morgan fingerprint density at radius 1 is 1.54 bits per heavy atom. The van der Waals surface area contributed by atoms with Crippen LogP contribution in [0.1, 0.15) is 19.8 Å². The minimum absolute atomic E-state index is 0.139. The molecule has 0 saturated carbocycles. The second kappa shape index (κ2) is 3.78. The molecule has 2 atom stereocenters. The molecule has 0 bridgehead atoms. The molecule has 13 heavy (non-hydrogen) atoms. The van der Waals surface area contributed by atoms with E-state index in [9.17, 15) is 4.79 Å².